The minimum absolute atomic E-state index is 0.115. The molecule has 0 atom stereocenters. The first-order valence-corrected chi connectivity index (χ1v) is 9.19. The molecule has 0 saturated carbocycles. The number of thiazole rings is 1. The Labute approximate surface area is 155 Å². The minimum atomic E-state index is -0.115. The van der Waals surface area contributed by atoms with Crippen molar-refractivity contribution in [2.45, 2.75) is 20.4 Å². The lowest BCUT2D eigenvalue weighted by molar-refractivity contribution is 0.0984. The summed E-state index contributed by atoms with van der Waals surface area (Å²) >= 11 is 1.54. The molecule has 0 unspecified atom stereocenters. The number of anilines is 1. The van der Waals surface area contributed by atoms with Gasteiger partial charge < -0.3 is 4.42 Å². The Morgan fingerprint density at radius 1 is 1.15 bits per heavy atom. The van der Waals surface area contributed by atoms with E-state index in [9.17, 15) is 4.79 Å². The number of carbonyl (C=O) groups is 1. The van der Waals surface area contributed by atoms with Crippen molar-refractivity contribution >= 4 is 32.6 Å². The van der Waals surface area contributed by atoms with Gasteiger partial charge in [-0.15, -0.1) is 0 Å². The van der Waals surface area contributed by atoms with Gasteiger partial charge in [-0.25, -0.2) is 4.98 Å². The molecule has 0 N–H and O–H groups in total. The molecule has 2 aromatic heterocycles. The monoisotopic (exact) mass is 362 g/mol. The average molecular weight is 362 g/mol. The highest BCUT2D eigenvalue weighted by atomic mass is 32.1. The molecule has 4 aromatic rings. The third-order valence-corrected chi connectivity index (χ3v) is 5.27. The summed E-state index contributed by atoms with van der Waals surface area (Å²) in [5.74, 6) is -0.115. The highest BCUT2D eigenvalue weighted by molar-refractivity contribution is 7.22. The fourth-order valence-corrected chi connectivity index (χ4v) is 4.15. The van der Waals surface area contributed by atoms with Crippen LogP contribution in [0.2, 0.25) is 0 Å². The third kappa shape index (κ3) is 3.13. The summed E-state index contributed by atoms with van der Waals surface area (Å²) in [7, 11) is 0. The molecule has 0 aliphatic carbocycles. The Morgan fingerprint density at radius 3 is 2.69 bits per heavy atom. The summed E-state index contributed by atoms with van der Waals surface area (Å²) < 4.78 is 6.19. The van der Waals surface area contributed by atoms with Gasteiger partial charge in [0.05, 0.1) is 28.6 Å². The van der Waals surface area contributed by atoms with Crippen LogP contribution in [0.4, 0.5) is 5.13 Å². The lowest BCUT2D eigenvalue weighted by atomic mass is 10.1. The molecule has 26 heavy (non-hydrogen) atoms. The second-order valence-corrected chi connectivity index (χ2v) is 7.32. The Morgan fingerprint density at radius 2 is 1.96 bits per heavy atom. The standard InChI is InChI=1S/C21H18N2O2S/c1-14-10-15(2)19-18(11-14)26-21(22-19)23(12-16-6-4-3-5-7-16)20(24)17-8-9-25-13-17/h3-11,13H,12H2,1-2H3. The van der Waals surface area contributed by atoms with Gasteiger partial charge >= 0.3 is 0 Å². The molecule has 0 saturated heterocycles. The summed E-state index contributed by atoms with van der Waals surface area (Å²) in [4.78, 5) is 19.6. The van der Waals surface area contributed by atoms with E-state index in [1.54, 1.807) is 22.3 Å². The average Bonchev–Trinajstić information content (AvgIpc) is 3.29. The van der Waals surface area contributed by atoms with Crippen molar-refractivity contribution in [3.05, 3.63) is 83.3 Å². The van der Waals surface area contributed by atoms with E-state index >= 15 is 0 Å². The van der Waals surface area contributed by atoms with Crippen molar-refractivity contribution in [1.82, 2.24) is 4.98 Å². The van der Waals surface area contributed by atoms with Gasteiger partial charge in [-0.2, -0.15) is 0 Å². The predicted molar refractivity (Wildman–Crippen MR) is 105 cm³/mol. The first-order chi connectivity index (χ1) is 12.6. The lowest BCUT2D eigenvalue weighted by Crippen LogP contribution is -2.30. The Bertz CT molecular complexity index is 1050. The summed E-state index contributed by atoms with van der Waals surface area (Å²) in [6, 6.07) is 15.9. The Balaban J connectivity index is 1.79. The number of hydrogen-bond acceptors (Lipinski definition) is 4. The normalized spacial score (nSPS) is 11.0. The summed E-state index contributed by atoms with van der Waals surface area (Å²) in [6.07, 6.45) is 2.99. The molecule has 0 aliphatic heterocycles. The van der Waals surface area contributed by atoms with Crippen molar-refractivity contribution in [1.29, 1.82) is 0 Å². The van der Waals surface area contributed by atoms with Crippen LogP contribution < -0.4 is 4.90 Å². The van der Waals surface area contributed by atoms with Gasteiger partial charge in [-0.05, 0) is 42.7 Å². The lowest BCUT2D eigenvalue weighted by Gasteiger charge is -2.19. The number of carbonyl (C=O) groups excluding carboxylic acids is 1. The molecule has 0 spiro atoms. The molecule has 0 bridgehead atoms. The van der Waals surface area contributed by atoms with Gasteiger partial charge in [0.25, 0.3) is 5.91 Å². The summed E-state index contributed by atoms with van der Waals surface area (Å²) in [6.45, 7) is 4.59. The second-order valence-electron chi connectivity index (χ2n) is 6.31. The van der Waals surface area contributed by atoms with E-state index in [0.717, 1.165) is 21.3 Å². The fraction of sp³-hybridized carbons (Fsp3) is 0.143. The molecule has 2 heterocycles. The SMILES string of the molecule is Cc1cc(C)c2nc(N(Cc3ccccc3)C(=O)c3ccoc3)sc2c1. The molecule has 0 radical (unpaired) electrons. The molecule has 2 aromatic carbocycles. The van der Waals surface area contributed by atoms with Crippen molar-refractivity contribution in [2.24, 2.45) is 0 Å². The van der Waals surface area contributed by atoms with Gasteiger partial charge in [-0.3, -0.25) is 9.69 Å². The van der Waals surface area contributed by atoms with Crippen LogP contribution in [-0.4, -0.2) is 10.9 Å². The van der Waals surface area contributed by atoms with Gasteiger partial charge in [0.2, 0.25) is 0 Å². The van der Waals surface area contributed by atoms with Crippen LogP contribution in [0.1, 0.15) is 27.0 Å². The van der Waals surface area contributed by atoms with E-state index in [4.69, 9.17) is 9.40 Å². The molecule has 5 heteroatoms. The van der Waals surface area contributed by atoms with Crippen LogP contribution in [0.25, 0.3) is 10.2 Å². The zero-order valence-corrected chi connectivity index (χ0v) is 15.4. The number of amides is 1. The number of aromatic nitrogens is 1. The van der Waals surface area contributed by atoms with Crippen LogP contribution >= 0.6 is 11.3 Å². The molecule has 4 rings (SSSR count). The van der Waals surface area contributed by atoms with E-state index in [1.165, 1.54) is 18.1 Å². The Hall–Kier alpha value is -2.92. The van der Waals surface area contributed by atoms with Crippen LogP contribution in [0.15, 0.2) is 65.5 Å². The number of aryl methyl sites for hydroxylation is 2. The van der Waals surface area contributed by atoms with Crippen LogP contribution in [0, 0.1) is 13.8 Å². The van der Waals surface area contributed by atoms with Gasteiger partial charge in [0.1, 0.15) is 6.26 Å². The van der Waals surface area contributed by atoms with Crippen LogP contribution in [-0.2, 0) is 6.54 Å². The first-order valence-electron chi connectivity index (χ1n) is 8.37. The van der Waals surface area contributed by atoms with Crippen molar-refractivity contribution in [2.75, 3.05) is 4.90 Å². The van der Waals surface area contributed by atoms with Crippen LogP contribution in [0.3, 0.4) is 0 Å². The number of furan rings is 1. The van der Waals surface area contributed by atoms with Crippen molar-refractivity contribution in [3.63, 3.8) is 0 Å². The Kier molecular flexibility index (Phi) is 4.31. The minimum Gasteiger partial charge on any atom is -0.472 e. The topological polar surface area (TPSA) is 46.3 Å². The molecule has 130 valence electrons. The smallest absolute Gasteiger partial charge is 0.263 e. The molecule has 0 aliphatic rings. The van der Waals surface area contributed by atoms with E-state index < -0.39 is 0 Å². The molecular formula is C21H18N2O2S. The quantitative estimate of drug-likeness (QED) is 0.491. The third-order valence-electron chi connectivity index (χ3n) is 4.25. The molecule has 1 amide bonds. The fourth-order valence-electron chi connectivity index (χ4n) is 3.01. The second kappa shape index (κ2) is 6.77. The number of hydrogen-bond donors (Lipinski definition) is 0. The molecule has 0 fully saturated rings. The van der Waals surface area contributed by atoms with E-state index in [0.29, 0.717) is 17.2 Å². The summed E-state index contributed by atoms with van der Waals surface area (Å²) in [5, 5.41) is 0.698. The van der Waals surface area contributed by atoms with E-state index in [2.05, 4.69) is 26.0 Å². The largest absolute Gasteiger partial charge is 0.472 e. The number of fused-ring (bicyclic) bond motifs is 1. The molecular weight excluding hydrogens is 344 g/mol. The van der Waals surface area contributed by atoms with E-state index in [-0.39, 0.29) is 5.91 Å². The zero-order valence-electron chi connectivity index (χ0n) is 14.6. The van der Waals surface area contributed by atoms with Gasteiger partial charge in [0.15, 0.2) is 5.13 Å². The van der Waals surface area contributed by atoms with Crippen molar-refractivity contribution < 1.29 is 9.21 Å². The maximum Gasteiger partial charge on any atom is 0.263 e. The van der Waals surface area contributed by atoms with Crippen molar-refractivity contribution in [3.8, 4) is 0 Å². The highest BCUT2D eigenvalue weighted by Gasteiger charge is 2.23. The maximum atomic E-state index is 13.1. The van der Waals surface area contributed by atoms with Gasteiger partial charge in [0, 0.05) is 0 Å². The number of rotatable bonds is 4. The summed E-state index contributed by atoms with van der Waals surface area (Å²) in [5.41, 5.74) is 4.84. The van der Waals surface area contributed by atoms with Gasteiger partial charge in [-0.1, -0.05) is 47.7 Å². The molecule has 4 nitrogen and oxygen atoms in total. The maximum absolute atomic E-state index is 13.1. The number of nitrogens with zero attached hydrogens (tertiary/aromatic N) is 2. The van der Waals surface area contributed by atoms with E-state index in [1.807, 2.05) is 30.3 Å². The predicted octanol–water partition coefficient (Wildman–Crippen LogP) is 5.35. The highest BCUT2D eigenvalue weighted by Crippen LogP contribution is 2.33. The number of benzene rings is 2. The zero-order chi connectivity index (χ0) is 18.1. The van der Waals surface area contributed by atoms with Crippen LogP contribution in [0.5, 0.6) is 0 Å². The first kappa shape index (κ1) is 16.5.